The van der Waals surface area contributed by atoms with Crippen molar-refractivity contribution in [3.05, 3.63) is 23.4 Å². The number of piperidine rings is 1. The third kappa shape index (κ3) is 5.45. The minimum atomic E-state index is -1.33. The van der Waals surface area contributed by atoms with Gasteiger partial charge in [-0.25, -0.2) is 4.39 Å². The summed E-state index contributed by atoms with van der Waals surface area (Å²) in [7, 11) is 1.66. The van der Waals surface area contributed by atoms with E-state index in [9.17, 15) is 18.9 Å². The van der Waals surface area contributed by atoms with E-state index in [0.29, 0.717) is 44.7 Å². The van der Waals surface area contributed by atoms with Crippen LogP contribution < -0.4 is 21.3 Å². The van der Waals surface area contributed by atoms with Crippen molar-refractivity contribution in [1.82, 2.24) is 20.1 Å². The Morgan fingerprint density at radius 1 is 1.33 bits per heavy atom. The van der Waals surface area contributed by atoms with E-state index in [4.69, 9.17) is 11.0 Å². The summed E-state index contributed by atoms with van der Waals surface area (Å²) >= 11 is 0. The molecule has 194 valence electrons. The van der Waals surface area contributed by atoms with Gasteiger partial charge < -0.3 is 20.9 Å². The Balaban J connectivity index is 1.42. The lowest BCUT2D eigenvalue weighted by atomic mass is 9.91. The van der Waals surface area contributed by atoms with E-state index < -0.39 is 30.3 Å². The number of amides is 2. The van der Waals surface area contributed by atoms with Crippen molar-refractivity contribution in [3.63, 3.8) is 0 Å². The summed E-state index contributed by atoms with van der Waals surface area (Å²) < 4.78 is 13.8. The minimum absolute atomic E-state index is 0.0464. The van der Waals surface area contributed by atoms with Gasteiger partial charge in [0.2, 0.25) is 11.8 Å². The molecule has 36 heavy (non-hydrogen) atoms. The number of pyridine rings is 1. The minimum Gasteiger partial charge on any atom is -0.370 e. The third-order valence-corrected chi connectivity index (χ3v) is 7.26. The fraction of sp³-hybridized carbons (Fsp3) is 0.652. The molecule has 0 radical (unpaired) electrons. The number of nitriles is 1. The SMILES string of the molecule is CN1CC(F)CNC1C(C(=O)Nc1cnccc1N1CCC(C(=O)N2CC(C#N)C2)CC1)C(N)N=O. The molecule has 4 atom stereocenters. The predicted molar refractivity (Wildman–Crippen MR) is 130 cm³/mol. The highest BCUT2D eigenvalue weighted by molar-refractivity contribution is 5.96. The van der Waals surface area contributed by atoms with Gasteiger partial charge in [-0.2, -0.15) is 5.26 Å². The fourth-order valence-corrected chi connectivity index (χ4v) is 5.19. The summed E-state index contributed by atoms with van der Waals surface area (Å²) in [5.41, 5.74) is 7.11. The molecule has 4 unspecified atom stereocenters. The van der Waals surface area contributed by atoms with E-state index in [1.54, 1.807) is 29.1 Å². The number of likely N-dealkylation sites (tertiary alicyclic amines) is 1. The van der Waals surface area contributed by atoms with Crippen molar-refractivity contribution in [2.45, 2.75) is 31.3 Å². The topological polar surface area (TPSA) is 160 Å². The average molecular weight is 502 g/mol. The first-order chi connectivity index (χ1) is 17.3. The number of rotatable bonds is 7. The molecule has 4 N–H and O–H groups in total. The number of carbonyl (C=O) groups excluding carboxylic acids is 2. The van der Waals surface area contributed by atoms with Crippen LogP contribution in [-0.4, -0.2) is 91.4 Å². The first-order valence-electron chi connectivity index (χ1n) is 12.2. The second-order valence-corrected chi connectivity index (χ2v) is 9.72. The van der Waals surface area contributed by atoms with Gasteiger partial charge in [0, 0.05) is 51.4 Å². The number of nitrogens with one attached hydrogen (secondary N) is 2. The van der Waals surface area contributed by atoms with E-state index in [1.165, 1.54) is 6.20 Å². The number of alkyl halides is 1. The summed E-state index contributed by atoms with van der Waals surface area (Å²) in [5, 5.41) is 17.6. The lowest BCUT2D eigenvalue weighted by Crippen LogP contribution is -2.62. The molecule has 4 heterocycles. The highest BCUT2D eigenvalue weighted by atomic mass is 19.1. The zero-order valence-electron chi connectivity index (χ0n) is 20.2. The summed E-state index contributed by atoms with van der Waals surface area (Å²) in [6.07, 6.45) is 1.39. The number of aromatic nitrogens is 1. The van der Waals surface area contributed by atoms with Crippen molar-refractivity contribution in [2.75, 3.05) is 56.5 Å². The second-order valence-electron chi connectivity index (χ2n) is 9.72. The molecule has 2 amide bonds. The molecule has 0 aliphatic carbocycles. The molecule has 3 fully saturated rings. The highest BCUT2D eigenvalue weighted by Crippen LogP contribution is 2.31. The van der Waals surface area contributed by atoms with Gasteiger partial charge in [0.15, 0.2) is 6.17 Å². The molecule has 3 saturated heterocycles. The normalized spacial score (nSPS) is 25.4. The van der Waals surface area contributed by atoms with Gasteiger partial charge in [0.1, 0.15) is 12.1 Å². The van der Waals surface area contributed by atoms with Gasteiger partial charge in [-0.15, -0.1) is 4.91 Å². The molecule has 0 spiro atoms. The zero-order chi connectivity index (χ0) is 25.8. The van der Waals surface area contributed by atoms with Crippen molar-refractivity contribution in [3.8, 4) is 6.07 Å². The lowest BCUT2D eigenvalue weighted by Gasteiger charge is -2.41. The number of nitroso groups, excluding NO2 is 1. The van der Waals surface area contributed by atoms with Crippen LogP contribution in [0.1, 0.15) is 12.8 Å². The van der Waals surface area contributed by atoms with Crippen molar-refractivity contribution < 1.29 is 14.0 Å². The molecule has 1 aromatic heterocycles. The first-order valence-corrected chi connectivity index (χ1v) is 12.2. The molecule has 0 aromatic carbocycles. The number of carbonyl (C=O) groups is 2. The molecule has 12 nitrogen and oxygen atoms in total. The molecule has 3 aliphatic rings. The number of nitrogens with zero attached hydrogens (tertiary/aromatic N) is 6. The van der Waals surface area contributed by atoms with E-state index >= 15 is 0 Å². The number of halogens is 1. The van der Waals surface area contributed by atoms with Crippen LogP contribution in [-0.2, 0) is 9.59 Å². The summed E-state index contributed by atoms with van der Waals surface area (Å²) in [6.45, 7) is 2.39. The van der Waals surface area contributed by atoms with Crippen LogP contribution in [0.25, 0.3) is 0 Å². The third-order valence-electron chi connectivity index (χ3n) is 7.26. The standard InChI is InChI=1S/C23H32FN9O3/c1-31-13-16(24)9-28-21(31)19(20(26)30-36)22(34)29-17-10-27-5-2-18(17)32-6-3-15(4-7-32)23(35)33-11-14(8-25)12-33/h2,5,10,14-16,19-21,28H,3-4,6-7,9,11-13,26H2,1H3,(H,29,34). The summed E-state index contributed by atoms with van der Waals surface area (Å²) in [6, 6.07) is 3.97. The van der Waals surface area contributed by atoms with E-state index in [2.05, 4.69) is 31.8 Å². The summed E-state index contributed by atoms with van der Waals surface area (Å²) in [4.78, 5) is 46.9. The smallest absolute Gasteiger partial charge is 0.234 e. The van der Waals surface area contributed by atoms with Gasteiger partial charge in [-0.3, -0.25) is 24.8 Å². The van der Waals surface area contributed by atoms with Crippen molar-refractivity contribution in [2.24, 2.45) is 28.7 Å². The van der Waals surface area contributed by atoms with Crippen LogP contribution in [0.3, 0.4) is 0 Å². The largest absolute Gasteiger partial charge is 0.370 e. The van der Waals surface area contributed by atoms with Gasteiger partial charge in [0.05, 0.1) is 35.7 Å². The van der Waals surface area contributed by atoms with Crippen LogP contribution in [0.4, 0.5) is 15.8 Å². The quantitative estimate of drug-likeness (QED) is 0.440. The number of hydrogen-bond acceptors (Lipinski definition) is 10. The van der Waals surface area contributed by atoms with Crippen molar-refractivity contribution in [1.29, 1.82) is 5.26 Å². The second kappa shape index (κ2) is 11.2. The number of anilines is 2. The molecule has 13 heteroatoms. The number of hydrogen-bond donors (Lipinski definition) is 3. The average Bonchev–Trinajstić information content (AvgIpc) is 2.85. The Labute approximate surface area is 208 Å². The fourth-order valence-electron chi connectivity index (χ4n) is 5.19. The molecular weight excluding hydrogens is 469 g/mol. The van der Waals surface area contributed by atoms with Gasteiger partial charge in [0.25, 0.3) is 0 Å². The molecule has 1 aromatic rings. The molecule has 3 aliphatic heterocycles. The van der Waals surface area contributed by atoms with Crippen LogP contribution in [0.5, 0.6) is 0 Å². The Hall–Kier alpha value is -3.21. The Morgan fingerprint density at radius 3 is 2.69 bits per heavy atom. The highest BCUT2D eigenvalue weighted by Gasteiger charge is 2.40. The van der Waals surface area contributed by atoms with Crippen LogP contribution in [0.15, 0.2) is 23.6 Å². The first kappa shape index (κ1) is 25.9. The molecule has 4 rings (SSSR count). The lowest BCUT2D eigenvalue weighted by molar-refractivity contribution is -0.141. The zero-order valence-corrected chi connectivity index (χ0v) is 20.2. The van der Waals surface area contributed by atoms with E-state index in [-0.39, 0.29) is 30.8 Å². The maximum absolute atomic E-state index is 13.8. The van der Waals surface area contributed by atoms with Crippen molar-refractivity contribution >= 4 is 23.2 Å². The van der Waals surface area contributed by atoms with Gasteiger partial charge >= 0.3 is 0 Å². The van der Waals surface area contributed by atoms with Crippen LogP contribution in [0.2, 0.25) is 0 Å². The Morgan fingerprint density at radius 2 is 2.06 bits per heavy atom. The van der Waals surface area contributed by atoms with Gasteiger partial charge in [-0.1, -0.05) is 5.18 Å². The Kier molecular flexibility index (Phi) is 8.07. The summed E-state index contributed by atoms with van der Waals surface area (Å²) in [5.74, 6) is -1.63. The molecule has 0 bridgehead atoms. The monoisotopic (exact) mass is 501 g/mol. The van der Waals surface area contributed by atoms with Crippen LogP contribution >= 0.6 is 0 Å². The van der Waals surface area contributed by atoms with Gasteiger partial charge in [-0.05, 0) is 26.0 Å². The molecule has 0 saturated carbocycles. The Bertz CT molecular complexity index is 1010. The van der Waals surface area contributed by atoms with E-state index in [0.717, 1.165) is 5.69 Å². The predicted octanol–water partition coefficient (Wildman–Crippen LogP) is 0.0851. The van der Waals surface area contributed by atoms with E-state index in [1.807, 2.05) is 0 Å². The number of nitrogens with two attached hydrogens (primary N) is 1. The van der Waals surface area contributed by atoms with Crippen LogP contribution in [0, 0.1) is 34.0 Å². The molecular formula is C23H32FN9O3. The maximum Gasteiger partial charge on any atom is 0.234 e. The maximum atomic E-state index is 13.8.